The highest BCUT2D eigenvalue weighted by molar-refractivity contribution is 9.11. The van der Waals surface area contributed by atoms with Crippen LogP contribution < -0.4 is 0 Å². The Morgan fingerprint density at radius 1 is 1.73 bits per heavy atom. The van der Waals surface area contributed by atoms with Crippen molar-refractivity contribution in [2.75, 3.05) is 5.75 Å². The standard InChI is InChI=1S/C8H9BrS2/c1-6-5-7(3-2-4-10)11-8(6)9/h2-3,5,10H,4H2,1H3. The largest absolute Gasteiger partial charge is 0.175 e. The van der Waals surface area contributed by atoms with Crippen molar-refractivity contribution in [3.05, 3.63) is 26.4 Å². The number of hydrogen-bond donors (Lipinski definition) is 1. The molecule has 0 fully saturated rings. The summed E-state index contributed by atoms with van der Waals surface area (Å²) in [4.78, 5) is 1.28. The number of aryl methyl sites for hydroxylation is 1. The molecule has 3 heteroatoms. The van der Waals surface area contributed by atoms with Crippen molar-refractivity contribution in [1.82, 2.24) is 0 Å². The lowest BCUT2D eigenvalue weighted by atomic mass is 10.3. The fourth-order valence-electron chi connectivity index (χ4n) is 0.735. The number of hydrogen-bond acceptors (Lipinski definition) is 2. The molecule has 0 amide bonds. The van der Waals surface area contributed by atoms with Gasteiger partial charge in [0.2, 0.25) is 0 Å². The summed E-state index contributed by atoms with van der Waals surface area (Å²) in [6.45, 7) is 2.10. The summed E-state index contributed by atoms with van der Waals surface area (Å²) in [5.74, 6) is 0.800. The first-order chi connectivity index (χ1) is 5.24. The lowest BCUT2D eigenvalue weighted by molar-refractivity contribution is 1.52. The average molecular weight is 249 g/mol. The van der Waals surface area contributed by atoms with Crippen LogP contribution in [0, 0.1) is 6.92 Å². The second-order valence-corrected chi connectivity index (χ2v) is 4.96. The molecule has 60 valence electrons. The van der Waals surface area contributed by atoms with E-state index in [1.165, 1.54) is 14.2 Å². The van der Waals surface area contributed by atoms with Crippen LogP contribution in [0.4, 0.5) is 0 Å². The molecule has 0 N–H and O–H groups in total. The zero-order chi connectivity index (χ0) is 8.27. The third-order valence-electron chi connectivity index (χ3n) is 1.26. The van der Waals surface area contributed by atoms with Gasteiger partial charge in [-0.25, -0.2) is 0 Å². The number of rotatable bonds is 2. The molecule has 0 spiro atoms. The van der Waals surface area contributed by atoms with Gasteiger partial charge in [-0.2, -0.15) is 12.6 Å². The van der Waals surface area contributed by atoms with Crippen molar-refractivity contribution in [2.45, 2.75) is 6.92 Å². The molecule has 0 unspecified atom stereocenters. The van der Waals surface area contributed by atoms with E-state index >= 15 is 0 Å². The van der Waals surface area contributed by atoms with Crippen LogP contribution in [0.5, 0.6) is 0 Å². The van der Waals surface area contributed by atoms with Gasteiger partial charge < -0.3 is 0 Å². The first-order valence-electron chi connectivity index (χ1n) is 3.27. The Morgan fingerprint density at radius 3 is 2.91 bits per heavy atom. The zero-order valence-corrected chi connectivity index (χ0v) is 9.47. The van der Waals surface area contributed by atoms with E-state index in [4.69, 9.17) is 0 Å². The van der Waals surface area contributed by atoms with Gasteiger partial charge in [0, 0.05) is 10.6 Å². The molecule has 1 aromatic heterocycles. The van der Waals surface area contributed by atoms with E-state index in [9.17, 15) is 0 Å². The highest BCUT2D eigenvalue weighted by Crippen LogP contribution is 2.27. The van der Waals surface area contributed by atoms with E-state index in [0.29, 0.717) is 0 Å². The smallest absolute Gasteiger partial charge is 0.0733 e. The molecule has 0 radical (unpaired) electrons. The molecule has 1 rings (SSSR count). The highest BCUT2D eigenvalue weighted by atomic mass is 79.9. The maximum Gasteiger partial charge on any atom is 0.0733 e. The monoisotopic (exact) mass is 248 g/mol. The van der Waals surface area contributed by atoms with E-state index < -0.39 is 0 Å². The Bertz CT molecular complexity index is 244. The highest BCUT2D eigenvalue weighted by Gasteiger charge is 1.98. The van der Waals surface area contributed by atoms with Crippen LogP contribution in [0.3, 0.4) is 0 Å². The Balaban J connectivity index is 2.80. The van der Waals surface area contributed by atoms with Crippen molar-refractivity contribution in [1.29, 1.82) is 0 Å². The van der Waals surface area contributed by atoms with E-state index in [1.54, 1.807) is 11.3 Å². The molecule has 1 aromatic rings. The molecular formula is C8H9BrS2. The van der Waals surface area contributed by atoms with Crippen LogP contribution >= 0.6 is 39.9 Å². The molecular weight excluding hydrogens is 240 g/mol. The van der Waals surface area contributed by atoms with Gasteiger partial charge in [0.15, 0.2) is 0 Å². The Hall–Kier alpha value is 0.270. The van der Waals surface area contributed by atoms with Crippen molar-refractivity contribution in [2.24, 2.45) is 0 Å². The first-order valence-corrected chi connectivity index (χ1v) is 5.51. The Labute approximate surface area is 84.9 Å². The van der Waals surface area contributed by atoms with E-state index in [2.05, 4.69) is 47.6 Å². The van der Waals surface area contributed by atoms with Crippen LogP contribution in [-0.2, 0) is 0 Å². The molecule has 0 nitrogen and oxygen atoms in total. The summed E-state index contributed by atoms with van der Waals surface area (Å²) in [6.07, 6.45) is 4.14. The van der Waals surface area contributed by atoms with Gasteiger partial charge in [-0.3, -0.25) is 0 Å². The second kappa shape index (κ2) is 4.33. The maximum atomic E-state index is 4.09. The van der Waals surface area contributed by atoms with Gasteiger partial charge in [-0.05, 0) is 40.6 Å². The average Bonchev–Trinajstić information content (AvgIpc) is 2.28. The Morgan fingerprint density at radius 2 is 2.45 bits per heavy atom. The quantitative estimate of drug-likeness (QED) is 0.758. The number of thiophene rings is 1. The predicted octanol–water partition coefficient (Wildman–Crippen LogP) is 3.76. The van der Waals surface area contributed by atoms with Crippen molar-refractivity contribution >= 4 is 46.0 Å². The number of halogens is 1. The van der Waals surface area contributed by atoms with Gasteiger partial charge in [0.25, 0.3) is 0 Å². The van der Waals surface area contributed by atoms with Crippen molar-refractivity contribution in [3.63, 3.8) is 0 Å². The zero-order valence-electron chi connectivity index (χ0n) is 6.17. The van der Waals surface area contributed by atoms with Gasteiger partial charge >= 0.3 is 0 Å². The summed E-state index contributed by atoms with van der Waals surface area (Å²) in [5.41, 5.74) is 1.30. The first kappa shape index (κ1) is 9.36. The van der Waals surface area contributed by atoms with Crippen LogP contribution in [0.25, 0.3) is 6.08 Å². The molecule has 0 saturated carbocycles. The van der Waals surface area contributed by atoms with E-state index in [1.807, 2.05) is 6.08 Å². The normalized spacial score (nSPS) is 11.2. The lowest BCUT2D eigenvalue weighted by Gasteiger charge is -1.79. The molecule has 0 aromatic carbocycles. The van der Waals surface area contributed by atoms with Crippen molar-refractivity contribution in [3.8, 4) is 0 Å². The van der Waals surface area contributed by atoms with E-state index in [0.717, 1.165) is 5.75 Å². The molecule has 0 atom stereocenters. The second-order valence-electron chi connectivity index (χ2n) is 2.19. The lowest BCUT2D eigenvalue weighted by Crippen LogP contribution is -1.61. The SMILES string of the molecule is Cc1cc(C=CCS)sc1Br. The third kappa shape index (κ3) is 2.65. The minimum absolute atomic E-state index is 0.800. The van der Waals surface area contributed by atoms with Gasteiger partial charge in [-0.15, -0.1) is 11.3 Å². The van der Waals surface area contributed by atoms with Crippen LogP contribution in [0.15, 0.2) is 15.9 Å². The molecule has 0 saturated heterocycles. The summed E-state index contributed by atoms with van der Waals surface area (Å²) in [7, 11) is 0. The summed E-state index contributed by atoms with van der Waals surface area (Å²) in [6, 6.07) is 2.16. The third-order valence-corrected chi connectivity index (χ3v) is 3.58. The maximum absolute atomic E-state index is 4.09. The van der Waals surface area contributed by atoms with Gasteiger partial charge in [-0.1, -0.05) is 6.08 Å². The molecule has 1 heterocycles. The Kier molecular flexibility index (Phi) is 3.69. The molecule has 11 heavy (non-hydrogen) atoms. The van der Waals surface area contributed by atoms with Crippen LogP contribution in [-0.4, -0.2) is 5.75 Å². The minimum Gasteiger partial charge on any atom is -0.175 e. The van der Waals surface area contributed by atoms with Gasteiger partial charge in [0.1, 0.15) is 0 Å². The summed E-state index contributed by atoms with van der Waals surface area (Å²) in [5, 5.41) is 0. The molecule has 0 bridgehead atoms. The summed E-state index contributed by atoms with van der Waals surface area (Å²) >= 11 is 9.31. The molecule has 0 aliphatic rings. The fraction of sp³-hybridized carbons (Fsp3) is 0.250. The topological polar surface area (TPSA) is 0 Å². The number of thiol groups is 1. The van der Waals surface area contributed by atoms with Crippen molar-refractivity contribution < 1.29 is 0 Å². The summed E-state index contributed by atoms with van der Waals surface area (Å²) < 4.78 is 1.22. The minimum atomic E-state index is 0.800. The van der Waals surface area contributed by atoms with E-state index in [-0.39, 0.29) is 0 Å². The predicted molar refractivity (Wildman–Crippen MR) is 59.6 cm³/mol. The van der Waals surface area contributed by atoms with Crippen LogP contribution in [0.1, 0.15) is 10.4 Å². The van der Waals surface area contributed by atoms with Crippen LogP contribution in [0.2, 0.25) is 0 Å². The molecule has 0 aliphatic carbocycles. The van der Waals surface area contributed by atoms with Gasteiger partial charge in [0.05, 0.1) is 3.79 Å². The molecule has 0 aliphatic heterocycles. The fourth-order valence-corrected chi connectivity index (χ4v) is 2.34.